The number of carbonyl (C=O) groups is 2. The van der Waals surface area contributed by atoms with Gasteiger partial charge in [-0.3, -0.25) is 0 Å². The number of rotatable bonds is 2. The Morgan fingerprint density at radius 1 is 1.42 bits per heavy atom. The predicted octanol–water partition coefficient (Wildman–Crippen LogP) is -0.278. The maximum absolute atomic E-state index is 10.9. The number of methoxy groups -OCH3 is 2. The molecule has 1 aliphatic rings. The van der Waals surface area contributed by atoms with Gasteiger partial charge in [0, 0.05) is 0 Å². The number of aliphatic imine (C=N–C) groups is 1. The zero-order valence-corrected chi connectivity index (χ0v) is 7.21. The maximum Gasteiger partial charge on any atom is 0.356 e. The molecule has 0 aliphatic carbocycles. The number of esters is 2. The summed E-state index contributed by atoms with van der Waals surface area (Å²) in [6, 6.07) is 0. The van der Waals surface area contributed by atoms with Crippen LogP contribution < -0.4 is 0 Å². The van der Waals surface area contributed by atoms with Crippen LogP contribution in [0.4, 0.5) is 0 Å². The van der Waals surface area contributed by atoms with Gasteiger partial charge in [0.1, 0.15) is 0 Å². The van der Waals surface area contributed by atoms with Gasteiger partial charge in [0.25, 0.3) is 5.00 Å². The minimum atomic E-state index is -1.62. The lowest BCUT2D eigenvalue weighted by atomic mass is 10.3. The van der Waals surface area contributed by atoms with Gasteiger partial charge < -0.3 is 9.47 Å². The van der Waals surface area contributed by atoms with Crippen LogP contribution in [0.5, 0.6) is 0 Å². The van der Waals surface area contributed by atoms with E-state index in [9.17, 15) is 9.59 Å². The number of hydrogen-bond acceptors (Lipinski definition) is 5. The fourth-order valence-electron chi connectivity index (χ4n) is 0.681. The molecule has 12 heavy (non-hydrogen) atoms. The van der Waals surface area contributed by atoms with Crippen LogP contribution in [0.1, 0.15) is 0 Å². The minimum absolute atomic E-state index is 0.112. The molecule has 0 fully saturated rings. The highest BCUT2D eigenvalue weighted by Crippen LogP contribution is 2.34. The Labute approximate surface area is 73.3 Å². The monoisotopic (exact) mass is 191 g/mol. The van der Waals surface area contributed by atoms with Gasteiger partial charge in [-0.1, -0.05) is 11.6 Å². The molecule has 0 amide bonds. The number of hydrogen-bond donors (Lipinski definition) is 0. The zero-order chi connectivity index (χ0) is 9.35. The summed E-state index contributed by atoms with van der Waals surface area (Å²) < 4.78 is 8.61. The van der Waals surface area contributed by atoms with Gasteiger partial charge in [0.05, 0.1) is 14.2 Å². The van der Waals surface area contributed by atoms with Gasteiger partial charge in [-0.25, -0.2) is 14.6 Å². The highest BCUT2D eigenvalue weighted by Gasteiger charge is 2.58. The Hall–Kier alpha value is -1.10. The summed E-state index contributed by atoms with van der Waals surface area (Å²) in [4.78, 5) is 23.5. The summed E-state index contributed by atoms with van der Waals surface area (Å²) in [5, 5.41) is 0. The summed E-state index contributed by atoms with van der Waals surface area (Å²) in [7, 11) is 2.34. The Morgan fingerprint density at radius 2 is 2.00 bits per heavy atom. The van der Waals surface area contributed by atoms with E-state index in [0.29, 0.717) is 0 Å². The van der Waals surface area contributed by atoms with Crippen LogP contribution in [0.3, 0.4) is 0 Å². The smallest absolute Gasteiger partial charge is 0.356 e. The van der Waals surface area contributed by atoms with Crippen molar-refractivity contribution < 1.29 is 19.1 Å². The maximum atomic E-state index is 10.9. The summed E-state index contributed by atoms with van der Waals surface area (Å²) >= 11 is 5.56. The zero-order valence-electron chi connectivity index (χ0n) is 6.46. The predicted molar refractivity (Wildman–Crippen MR) is 40.1 cm³/mol. The second-order valence-corrected chi connectivity index (χ2v) is 2.61. The average Bonchev–Trinajstić information content (AvgIpc) is 2.76. The third-order valence-electron chi connectivity index (χ3n) is 1.36. The van der Waals surface area contributed by atoms with Crippen molar-refractivity contribution in [1.82, 2.24) is 0 Å². The van der Waals surface area contributed by atoms with E-state index in [2.05, 4.69) is 14.5 Å². The van der Waals surface area contributed by atoms with Gasteiger partial charge in [-0.05, 0) is 0 Å². The van der Waals surface area contributed by atoms with E-state index < -0.39 is 16.9 Å². The van der Waals surface area contributed by atoms with E-state index in [0.717, 1.165) is 7.11 Å². The van der Waals surface area contributed by atoms with Gasteiger partial charge in [-0.2, -0.15) is 0 Å². The number of carbonyl (C=O) groups excluding carboxylic acids is 2. The third kappa shape index (κ3) is 1.16. The van der Waals surface area contributed by atoms with Crippen molar-refractivity contribution in [2.45, 2.75) is 5.00 Å². The lowest BCUT2D eigenvalue weighted by Gasteiger charge is -2.01. The molecule has 66 valence electrons. The molecule has 0 aromatic rings. The molecule has 0 radical (unpaired) electrons. The van der Waals surface area contributed by atoms with E-state index in [1.54, 1.807) is 0 Å². The van der Waals surface area contributed by atoms with E-state index in [4.69, 9.17) is 11.6 Å². The normalized spacial score (nSPS) is 25.8. The molecule has 0 bridgehead atoms. The molecule has 1 atom stereocenters. The molecule has 0 aromatic heterocycles. The number of ether oxygens (including phenoxy) is 2. The van der Waals surface area contributed by atoms with Crippen molar-refractivity contribution in [1.29, 1.82) is 0 Å². The highest BCUT2D eigenvalue weighted by molar-refractivity contribution is 6.65. The Balaban J connectivity index is 2.63. The van der Waals surface area contributed by atoms with Crippen LogP contribution in [-0.2, 0) is 19.1 Å². The molecule has 0 saturated carbocycles. The largest absolute Gasteiger partial charge is 0.466 e. The number of nitrogens with zero attached hydrogens (tertiary/aromatic N) is 1. The van der Waals surface area contributed by atoms with Crippen molar-refractivity contribution in [3.05, 3.63) is 0 Å². The SMILES string of the molecule is COC(=O)C1=N[C@@]1(Cl)C(=O)OC. The van der Waals surface area contributed by atoms with Crippen LogP contribution in [0, 0.1) is 0 Å². The summed E-state index contributed by atoms with van der Waals surface area (Å²) in [5.74, 6) is -1.49. The first-order valence-corrected chi connectivity index (χ1v) is 3.40. The Morgan fingerprint density at radius 3 is 2.42 bits per heavy atom. The van der Waals surface area contributed by atoms with Crippen molar-refractivity contribution in [3.63, 3.8) is 0 Å². The van der Waals surface area contributed by atoms with Gasteiger partial charge >= 0.3 is 11.9 Å². The quantitative estimate of drug-likeness (QED) is 0.342. The fraction of sp³-hybridized carbons (Fsp3) is 0.500. The van der Waals surface area contributed by atoms with Gasteiger partial charge in [0.2, 0.25) is 0 Å². The molecule has 0 unspecified atom stereocenters. The van der Waals surface area contributed by atoms with Crippen LogP contribution in [0.15, 0.2) is 4.99 Å². The number of alkyl halides is 1. The fourth-order valence-corrected chi connectivity index (χ4v) is 0.920. The molecular weight excluding hydrogens is 186 g/mol. The van der Waals surface area contributed by atoms with Crippen molar-refractivity contribution >= 4 is 29.3 Å². The lowest BCUT2D eigenvalue weighted by Crippen LogP contribution is -2.29. The third-order valence-corrected chi connectivity index (χ3v) is 1.78. The first-order valence-electron chi connectivity index (χ1n) is 3.02. The summed E-state index contributed by atoms with van der Waals surface area (Å²) in [5.41, 5.74) is -0.112. The Kier molecular flexibility index (Phi) is 2.06. The van der Waals surface area contributed by atoms with E-state index in [1.165, 1.54) is 7.11 Å². The lowest BCUT2D eigenvalue weighted by molar-refractivity contribution is -0.141. The van der Waals surface area contributed by atoms with Gasteiger partial charge in [0.15, 0.2) is 5.71 Å². The van der Waals surface area contributed by atoms with Crippen LogP contribution in [0.25, 0.3) is 0 Å². The summed E-state index contributed by atoms with van der Waals surface area (Å²) in [6.45, 7) is 0. The van der Waals surface area contributed by atoms with Crippen molar-refractivity contribution in [3.8, 4) is 0 Å². The topological polar surface area (TPSA) is 65.0 Å². The van der Waals surface area contributed by atoms with Gasteiger partial charge in [-0.15, -0.1) is 0 Å². The highest BCUT2D eigenvalue weighted by atomic mass is 35.5. The molecule has 0 aromatic carbocycles. The first-order chi connectivity index (χ1) is 5.56. The van der Waals surface area contributed by atoms with Crippen molar-refractivity contribution in [2.24, 2.45) is 4.99 Å². The standard InChI is InChI=1S/C6H6ClNO4/c1-11-4(9)3-6(7,8-3)5(10)12-2/h1-2H3/t6-/m1/s1. The van der Waals surface area contributed by atoms with E-state index >= 15 is 0 Å². The first kappa shape index (κ1) is 8.99. The molecule has 6 heteroatoms. The Bertz CT molecular complexity index is 275. The van der Waals surface area contributed by atoms with E-state index in [1.807, 2.05) is 0 Å². The molecule has 0 spiro atoms. The second kappa shape index (κ2) is 2.75. The molecule has 1 heterocycles. The molecule has 1 aliphatic heterocycles. The van der Waals surface area contributed by atoms with Crippen molar-refractivity contribution in [2.75, 3.05) is 14.2 Å². The second-order valence-electron chi connectivity index (χ2n) is 2.07. The van der Waals surface area contributed by atoms with E-state index in [-0.39, 0.29) is 5.71 Å². The minimum Gasteiger partial charge on any atom is -0.466 e. The van der Waals surface area contributed by atoms with Crippen LogP contribution in [-0.4, -0.2) is 36.9 Å². The molecule has 1 rings (SSSR count). The average molecular weight is 192 g/mol. The number of halogens is 1. The summed E-state index contributed by atoms with van der Waals surface area (Å²) in [6.07, 6.45) is 0. The molecular formula is C6H6ClNO4. The molecule has 5 nitrogen and oxygen atoms in total. The van der Waals surface area contributed by atoms with Crippen LogP contribution in [0.2, 0.25) is 0 Å². The molecule has 0 N–H and O–H groups in total. The molecule has 0 saturated heterocycles. The van der Waals surface area contributed by atoms with Crippen LogP contribution >= 0.6 is 11.6 Å².